The van der Waals surface area contributed by atoms with Gasteiger partial charge in [-0.25, -0.2) is 19.7 Å². The number of nitrogens with zero attached hydrogens (tertiary/aromatic N) is 5. The first kappa shape index (κ1) is 23.4. The number of rotatable bonds is 7. The van der Waals surface area contributed by atoms with Gasteiger partial charge in [-0.1, -0.05) is 37.4 Å². The minimum absolute atomic E-state index is 0.232. The molecule has 192 valence electrons. The molecule has 3 heterocycles. The minimum atomic E-state index is -0.615. The van der Waals surface area contributed by atoms with Crippen molar-refractivity contribution >= 4 is 22.6 Å². The highest BCUT2D eigenvalue weighted by Gasteiger charge is 2.29. The van der Waals surface area contributed by atoms with Gasteiger partial charge in [-0.05, 0) is 81.6 Å². The average molecular weight is 492 g/mol. The Morgan fingerprint density at radius 1 is 1.11 bits per heavy atom. The molecular weight excluding hydrogens is 454 g/mol. The van der Waals surface area contributed by atoms with Crippen molar-refractivity contribution in [3.63, 3.8) is 0 Å². The summed E-state index contributed by atoms with van der Waals surface area (Å²) in [5.41, 5.74) is 2.94. The summed E-state index contributed by atoms with van der Waals surface area (Å²) in [6.45, 7) is 5.55. The Labute approximate surface area is 211 Å². The van der Waals surface area contributed by atoms with Crippen LogP contribution in [0.5, 0.6) is 0 Å². The van der Waals surface area contributed by atoms with Crippen molar-refractivity contribution in [1.29, 1.82) is 0 Å². The summed E-state index contributed by atoms with van der Waals surface area (Å²) in [6, 6.07) is 0.289. The van der Waals surface area contributed by atoms with E-state index < -0.39 is 5.76 Å². The molecule has 2 fully saturated rings. The van der Waals surface area contributed by atoms with Crippen molar-refractivity contribution in [3.05, 3.63) is 22.5 Å². The monoisotopic (exact) mass is 491 g/mol. The smallest absolute Gasteiger partial charge is 0.365 e. The Morgan fingerprint density at radius 2 is 1.94 bits per heavy atom. The van der Waals surface area contributed by atoms with E-state index in [4.69, 9.17) is 19.5 Å². The highest BCUT2D eigenvalue weighted by molar-refractivity contribution is 5.88. The van der Waals surface area contributed by atoms with Crippen molar-refractivity contribution in [2.45, 2.75) is 97.1 Å². The number of H-pyrrole nitrogens is 1. The molecule has 0 spiro atoms. The second-order valence-corrected chi connectivity index (χ2v) is 11.3. The molecular formula is C27H37N7O2. The zero-order valence-corrected chi connectivity index (χ0v) is 21.4. The highest BCUT2D eigenvalue weighted by atomic mass is 16.5. The number of nitrogens with one attached hydrogen (secondary N) is 2. The van der Waals surface area contributed by atoms with Gasteiger partial charge in [0.2, 0.25) is 11.6 Å². The second kappa shape index (κ2) is 9.82. The van der Waals surface area contributed by atoms with Crippen molar-refractivity contribution in [2.75, 3.05) is 5.32 Å². The van der Waals surface area contributed by atoms with Gasteiger partial charge in [-0.15, -0.1) is 0 Å². The average Bonchev–Trinajstić information content (AvgIpc) is 3.44. The molecule has 0 aromatic carbocycles. The number of anilines is 1. The van der Waals surface area contributed by atoms with E-state index in [9.17, 15) is 4.79 Å². The first-order chi connectivity index (χ1) is 17.5. The van der Waals surface area contributed by atoms with E-state index in [1.807, 2.05) is 0 Å². The Hall–Kier alpha value is -2.97. The molecule has 0 saturated heterocycles. The summed E-state index contributed by atoms with van der Waals surface area (Å²) in [4.78, 5) is 29.0. The van der Waals surface area contributed by atoms with Gasteiger partial charge in [-0.2, -0.15) is 0 Å². The molecule has 0 aliphatic heterocycles. The predicted octanol–water partition coefficient (Wildman–Crippen LogP) is 5.55. The third-order valence-electron chi connectivity index (χ3n) is 8.63. The fraction of sp³-hybridized carbons (Fsp3) is 0.667. The molecule has 0 bridgehead atoms. The van der Waals surface area contributed by atoms with E-state index in [1.54, 1.807) is 0 Å². The fourth-order valence-corrected chi connectivity index (χ4v) is 6.08. The molecule has 0 unspecified atom stereocenters. The van der Waals surface area contributed by atoms with Crippen LogP contribution in [0.3, 0.4) is 0 Å². The van der Waals surface area contributed by atoms with Crippen LogP contribution in [-0.2, 0) is 6.54 Å². The van der Waals surface area contributed by atoms with Gasteiger partial charge in [0, 0.05) is 12.6 Å². The molecule has 9 nitrogen and oxygen atoms in total. The number of aromatic amines is 1. The standard InChI is InChI=1S/C27H37N7O2/c1-16-11-13-18(14-12-16)15-34-21-22(28-17(2)19-9-6-10-19)29-24(25-32-27(35)36-33-25)30-23(21)31-26(34)20-7-4-3-5-8-20/h7,16-19H,3-6,8-15H2,1-2H3,(H,28,29,30)(H,32,33,35)/t16-,17-,18-/m1/s1. The summed E-state index contributed by atoms with van der Waals surface area (Å²) in [5, 5.41) is 7.58. The van der Waals surface area contributed by atoms with Crippen LogP contribution in [-0.4, -0.2) is 35.7 Å². The highest BCUT2D eigenvalue weighted by Crippen LogP contribution is 2.37. The van der Waals surface area contributed by atoms with E-state index in [1.165, 1.54) is 63.4 Å². The maximum absolute atomic E-state index is 11.7. The number of fused-ring (bicyclic) bond motifs is 1. The molecule has 3 aliphatic carbocycles. The summed E-state index contributed by atoms with van der Waals surface area (Å²) in [6.07, 6.45) is 15.8. The Balaban J connectivity index is 1.48. The normalized spacial score (nSPS) is 23.9. The van der Waals surface area contributed by atoms with Crippen LogP contribution in [0.2, 0.25) is 0 Å². The third kappa shape index (κ3) is 4.60. The first-order valence-electron chi connectivity index (χ1n) is 13.9. The lowest BCUT2D eigenvalue weighted by Gasteiger charge is -2.32. The molecule has 0 radical (unpaired) electrons. The van der Waals surface area contributed by atoms with Crippen LogP contribution in [0.25, 0.3) is 28.4 Å². The van der Waals surface area contributed by atoms with Gasteiger partial charge in [0.25, 0.3) is 0 Å². The zero-order valence-electron chi connectivity index (χ0n) is 21.4. The van der Waals surface area contributed by atoms with E-state index in [0.717, 1.165) is 42.5 Å². The van der Waals surface area contributed by atoms with Gasteiger partial charge >= 0.3 is 5.76 Å². The van der Waals surface area contributed by atoms with Crippen molar-refractivity contribution < 1.29 is 4.52 Å². The lowest BCUT2D eigenvalue weighted by Crippen LogP contribution is -2.31. The topological polar surface area (TPSA) is 115 Å². The van der Waals surface area contributed by atoms with Crippen LogP contribution in [0.15, 0.2) is 15.4 Å². The fourth-order valence-electron chi connectivity index (χ4n) is 6.08. The molecule has 2 N–H and O–H groups in total. The van der Waals surface area contributed by atoms with Crippen molar-refractivity contribution in [1.82, 2.24) is 29.7 Å². The summed E-state index contributed by atoms with van der Waals surface area (Å²) >= 11 is 0. The maximum Gasteiger partial charge on any atom is 0.439 e. The van der Waals surface area contributed by atoms with Crippen LogP contribution in [0.4, 0.5) is 5.82 Å². The molecule has 2 saturated carbocycles. The number of allylic oxidation sites excluding steroid dienone is 2. The van der Waals surface area contributed by atoms with Crippen molar-refractivity contribution in [3.8, 4) is 11.6 Å². The summed E-state index contributed by atoms with van der Waals surface area (Å²) in [5.74, 6) is 3.84. The Kier molecular flexibility index (Phi) is 6.39. The molecule has 1 atom stereocenters. The molecule has 36 heavy (non-hydrogen) atoms. The van der Waals surface area contributed by atoms with Gasteiger partial charge in [-0.3, -0.25) is 9.51 Å². The van der Waals surface area contributed by atoms with Crippen LogP contribution in [0, 0.1) is 17.8 Å². The summed E-state index contributed by atoms with van der Waals surface area (Å²) in [7, 11) is 0. The number of hydrogen-bond acceptors (Lipinski definition) is 7. The van der Waals surface area contributed by atoms with Crippen molar-refractivity contribution in [2.24, 2.45) is 17.8 Å². The molecule has 3 aromatic heterocycles. The molecule has 0 amide bonds. The van der Waals surface area contributed by atoms with Gasteiger partial charge in [0.05, 0.1) is 0 Å². The van der Waals surface area contributed by atoms with E-state index in [0.29, 0.717) is 23.3 Å². The third-order valence-corrected chi connectivity index (χ3v) is 8.63. The maximum atomic E-state index is 11.7. The quantitative estimate of drug-likeness (QED) is 0.445. The number of hydrogen-bond donors (Lipinski definition) is 2. The SMILES string of the molecule is C[C@@H](Nc1nc(-c2noc(=O)[nH]2)nc2nc(C3=CCCCC3)n(C[C@H]3CC[C@H](C)CC3)c12)C1CCC1. The number of imidazole rings is 1. The van der Waals surface area contributed by atoms with Gasteiger partial charge < -0.3 is 9.88 Å². The van der Waals surface area contributed by atoms with Crippen LogP contribution >= 0.6 is 0 Å². The lowest BCUT2D eigenvalue weighted by molar-refractivity contribution is 0.266. The van der Waals surface area contributed by atoms with Gasteiger partial charge in [0.1, 0.15) is 11.3 Å². The number of aromatic nitrogens is 6. The second-order valence-electron chi connectivity index (χ2n) is 11.3. The van der Waals surface area contributed by atoms with E-state index >= 15 is 0 Å². The van der Waals surface area contributed by atoms with E-state index in [2.05, 4.69) is 39.9 Å². The van der Waals surface area contributed by atoms with Crippen LogP contribution < -0.4 is 11.1 Å². The molecule has 9 heteroatoms. The largest absolute Gasteiger partial charge is 0.439 e. The molecule has 6 rings (SSSR count). The first-order valence-corrected chi connectivity index (χ1v) is 13.9. The van der Waals surface area contributed by atoms with Gasteiger partial charge in [0.15, 0.2) is 11.5 Å². The Morgan fingerprint density at radius 3 is 2.61 bits per heavy atom. The predicted molar refractivity (Wildman–Crippen MR) is 139 cm³/mol. The zero-order chi connectivity index (χ0) is 24.6. The Bertz CT molecular complexity index is 1310. The van der Waals surface area contributed by atoms with Crippen LogP contribution in [0.1, 0.15) is 90.3 Å². The summed E-state index contributed by atoms with van der Waals surface area (Å²) < 4.78 is 7.15. The molecule has 3 aromatic rings. The van der Waals surface area contributed by atoms with E-state index in [-0.39, 0.29) is 11.9 Å². The minimum Gasteiger partial charge on any atom is -0.365 e. The lowest BCUT2D eigenvalue weighted by atomic mass is 9.80. The molecule has 3 aliphatic rings.